The molecule has 0 atom stereocenters. The molecule has 6 heteroatoms. The molecule has 5 nitrogen and oxygen atoms in total. The second kappa shape index (κ2) is 7.28. The normalized spacial score (nSPS) is 15.2. The van der Waals surface area contributed by atoms with Gasteiger partial charge in [-0.15, -0.1) is 11.3 Å². The lowest BCUT2D eigenvalue weighted by Gasteiger charge is -2.34. The third-order valence-electron chi connectivity index (χ3n) is 3.39. The maximum atomic E-state index is 12.2. The average molecular weight is 295 g/mol. The summed E-state index contributed by atoms with van der Waals surface area (Å²) in [5, 5.41) is 4.82. The zero-order valence-corrected chi connectivity index (χ0v) is 12.6. The van der Waals surface area contributed by atoms with E-state index in [9.17, 15) is 9.59 Å². The van der Waals surface area contributed by atoms with E-state index in [-0.39, 0.29) is 11.9 Å². The van der Waals surface area contributed by atoms with Gasteiger partial charge in [-0.25, -0.2) is 4.79 Å². The molecule has 1 fully saturated rings. The van der Waals surface area contributed by atoms with Crippen LogP contribution in [0.5, 0.6) is 0 Å². The summed E-state index contributed by atoms with van der Waals surface area (Å²) in [6.07, 6.45) is 2.08. The number of urea groups is 1. The van der Waals surface area contributed by atoms with Crippen molar-refractivity contribution in [2.24, 2.45) is 0 Å². The van der Waals surface area contributed by atoms with Crippen LogP contribution in [-0.2, 0) is 0 Å². The fourth-order valence-corrected chi connectivity index (χ4v) is 2.84. The number of unbranched alkanes of at least 4 members (excludes halogenated alkanes) is 1. The van der Waals surface area contributed by atoms with E-state index in [1.165, 1.54) is 11.3 Å². The maximum Gasteiger partial charge on any atom is 0.317 e. The monoisotopic (exact) mass is 295 g/mol. The standard InChI is InChI=1S/C14H21N3O2S/c1-2-3-6-15-14(19)17-9-7-16(8-10-17)13(18)12-5-4-11-20-12/h4-5,11H,2-3,6-10H2,1H3,(H,15,19). The maximum absolute atomic E-state index is 12.2. The van der Waals surface area contributed by atoms with Crippen molar-refractivity contribution < 1.29 is 9.59 Å². The molecule has 1 N–H and O–H groups in total. The first kappa shape index (κ1) is 14.8. The van der Waals surface area contributed by atoms with Crippen LogP contribution in [-0.4, -0.2) is 54.5 Å². The Morgan fingerprint density at radius 1 is 1.25 bits per heavy atom. The molecule has 0 aromatic carbocycles. The van der Waals surface area contributed by atoms with Crippen molar-refractivity contribution in [2.75, 3.05) is 32.7 Å². The Kier molecular flexibility index (Phi) is 5.40. The molecule has 2 heterocycles. The van der Waals surface area contributed by atoms with E-state index in [0.717, 1.165) is 24.3 Å². The van der Waals surface area contributed by atoms with E-state index in [4.69, 9.17) is 0 Å². The summed E-state index contributed by atoms with van der Waals surface area (Å²) in [6, 6.07) is 3.72. The molecular formula is C14H21N3O2S. The Morgan fingerprint density at radius 2 is 1.95 bits per heavy atom. The van der Waals surface area contributed by atoms with Crippen LogP contribution in [0.15, 0.2) is 17.5 Å². The topological polar surface area (TPSA) is 52.7 Å². The van der Waals surface area contributed by atoms with Crippen molar-refractivity contribution in [1.82, 2.24) is 15.1 Å². The molecule has 0 radical (unpaired) electrons. The van der Waals surface area contributed by atoms with Gasteiger partial charge in [0.25, 0.3) is 5.91 Å². The van der Waals surface area contributed by atoms with Crippen molar-refractivity contribution in [3.8, 4) is 0 Å². The van der Waals surface area contributed by atoms with Gasteiger partial charge in [-0.1, -0.05) is 19.4 Å². The summed E-state index contributed by atoms with van der Waals surface area (Å²) in [5.74, 6) is 0.0750. The van der Waals surface area contributed by atoms with E-state index in [1.807, 2.05) is 22.4 Å². The van der Waals surface area contributed by atoms with Crippen molar-refractivity contribution in [1.29, 1.82) is 0 Å². The van der Waals surface area contributed by atoms with Gasteiger partial charge < -0.3 is 15.1 Å². The van der Waals surface area contributed by atoms with Gasteiger partial charge in [0.15, 0.2) is 0 Å². The second-order valence-corrected chi connectivity index (χ2v) is 5.79. The number of hydrogen-bond acceptors (Lipinski definition) is 3. The predicted molar refractivity (Wildman–Crippen MR) is 80.1 cm³/mol. The zero-order valence-electron chi connectivity index (χ0n) is 11.8. The van der Waals surface area contributed by atoms with E-state index in [1.54, 1.807) is 4.90 Å². The van der Waals surface area contributed by atoms with E-state index < -0.39 is 0 Å². The summed E-state index contributed by atoms with van der Waals surface area (Å²) in [5.41, 5.74) is 0. The van der Waals surface area contributed by atoms with E-state index >= 15 is 0 Å². The molecule has 20 heavy (non-hydrogen) atoms. The molecule has 1 aromatic heterocycles. The van der Waals surface area contributed by atoms with Gasteiger partial charge in [0.05, 0.1) is 4.88 Å². The highest BCUT2D eigenvalue weighted by Gasteiger charge is 2.24. The largest absolute Gasteiger partial charge is 0.338 e. The van der Waals surface area contributed by atoms with Gasteiger partial charge in [0.1, 0.15) is 0 Å². The minimum Gasteiger partial charge on any atom is -0.338 e. The van der Waals surface area contributed by atoms with Crippen LogP contribution in [0.1, 0.15) is 29.4 Å². The van der Waals surface area contributed by atoms with Crippen molar-refractivity contribution in [3.63, 3.8) is 0 Å². The van der Waals surface area contributed by atoms with Gasteiger partial charge in [0.2, 0.25) is 0 Å². The predicted octanol–water partition coefficient (Wildman–Crippen LogP) is 2.02. The van der Waals surface area contributed by atoms with E-state index in [2.05, 4.69) is 12.2 Å². The first-order chi connectivity index (χ1) is 9.72. The summed E-state index contributed by atoms with van der Waals surface area (Å²) in [6.45, 7) is 5.25. The van der Waals surface area contributed by atoms with Gasteiger partial charge >= 0.3 is 6.03 Å². The molecule has 3 amide bonds. The van der Waals surface area contributed by atoms with Gasteiger partial charge in [-0.3, -0.25) is 4.79 Å². The van der Waals surface area contributed by atoms with Crippen LogP contribution in [0.2, 0.25) is 0 Å². The van der Waals surface area contributed by atoms with Crippen LogP contribution in [0, 0.1) is 0 Å². The molecule has 1 saturated heterocycles. The molecular weight excluding hydrogens is 274 g/mol. The molecule has 0 spiro atoms. The Bertz CT molecular complexity index is 439. The van der Waals surface area contributed by atoms with Gasteiger partial charge in [-0.05, 0) is 17.9 Å². The minimum absolute atomic E-state index is 0.0123. The number of nitrogens with zero attached hydrogens (tertiary/aromatic N) is 2. The Balaban J connectivity index is 1.77. The number of thiophene rings is 1. The number of carbonyl (C=O) groups excluding carboxylic acids is 2. The summed E-state index contributed by atoms with van der Waals surface area (Å²) in [4.78, 5) is 28.4. The molecule has 0 bridgehead atoms. The van der Waals surface area contributed by atoms with Crippen LogP contribution in [0.25, 0.3) is 0 Å². The average Bonchev–Trinajstić information content (AvgIpc) is 3.01. The Hall–Kier alpha value is -1.56. The lowest BCUT2D eigenvalue weighted by atomic mass is 10.3. The lowest BCUT2D eigenvalue weighted by Crippen LogP contribution is -2.53. The first-order valence-electron chi connectivity index (χ1n) is 7.08. The smallest absolute Gasteiger partial charge is 0.317 e. The molecule has 0 unspecified atom stereocenters. The van der Waals surface area contributed by atoms with Crippen LogP contribution >= 0.6 is 11.3 Å². The summed E-state index contributed by atoms with van der Waals surface area (Å²) < 4.78 is 0. The lowest BCUT2D eigenvalue weighted by molar-refractivity contribution is 0.0670. The fraction of sp³-hybridized carbons (Fsp3) is 0.571. The van der Waals surface area contributed by atoms with Crippen LogP contribution in [0.3, 0.4) is 0 Å². The number of carbonyl (C=O) groups is 2. The highest BCUT2D eigenvalue weighted by molar-refractivity contribution is 7.12. The number of rotatable bonds is 4. The SMILES string of the molecule is CCCCNC(=O)N1CCN(C(=O)c2cccs2)CC1. The highest BCUT2D eigenvalue weighted by atomic mass is 32.1. The third kappa shape index (κ3) is 3.72. The van der Waals surface area contributed by atoms with Gasteiger partial charge in [0, 0.05) is 32.7 Å². The zero-order chi connectivity index (χ0) is 14.4. The Labute approximate surface area is 123 Å². The minimum atomic E-state index is -0.0123. The summed E-state index contributed by atoms with van der Waals surface area (Å²) >= 11 is 1.46. The quantitative estimate of drug-likeness (QED) is 0.864. The number of piperazine rings is 1. The Morgan fingerprint density at radius 3 is 2.55 bits per heavy atom. The molecule has 0 saturated carbocycles. The first-order valence-corrected chi connectivity index (χ1v) is 7.96. The highest BCUT2D eigenvalue weighted by Crippen LogP contribution is 2.13. The van der Waals surface area contributed by atoms with Crippen LogP contribution < -0.4 is 5.32 Å². The number of amides is 3. The summed E-state index contributed by atoms with van der Waals surface area (Å²) in [7, 11) is 0. The molecule has 1 aliphatic heterocycles. The molecule has 0 aliphatic carbocycles. The van der Waals surface area contributed by atoms with Gasteiger partial charge in [-0.2, -0.15) is 0 Å². The molecule has 2 rings (SSSR count). The molecule has 110 valence electrons. The van der Waals surface area contributed by atoms with Crippen molar-refractivity contribution >= 4 is 23.3 Å². The third-order valence-corrected chi connectivity index (χ3v) is 4.25. The van der Waals surface area contributed by atoms with Crippen molar-refractivity contribution in [2.45, 2.75) is 19.8 Å². The van der Waals surface area contributed by atoms with Crippen molar-refractivity contribution in [3.05, 3.63) is 22.4 Å². The van der Waals surface area contributed by atoms with E-state index in [0.29, 0.717) is 26.2 Å². The molecule has 1 aromatic rings. The van der Waals surface area contributed by atoms with Crippen LogP contribution in [0.4, 0.5) is 4.79 Å². The second-order valence-electron chi connectivity index (χ2n) is 4.84. The number of nitrogens with one attached hydrogen (secondary N) is 1. The molecule has 1 aliphatic rings. The number of hydrogen-bond donors (Lipinski definition) is 1. The fourth-order valence-electron chi connectivity index (χ4n) is 2.15.